The average molecular weight is 640 g/mol. The van der Waals surface area contributed by atoms with E-state index in [1.165, 1.54) is 7.11 Å². The summed E-state index contributed by atoms with van der Waals surface area (Å²) in [5.41, 5.74) is 0.144. The largest absolute Gasteiger partial charge is 0.496 e. The molecule has 1 aliphatic carbocycles. The van der Waals surface area contributed by atoms with Gasteiger partial charge in [-0.05, 0) is 49.4 Å². The maximum absolute atomic E-state index is 13.0. The molecule has 3 aromatic rings. The lowest BCUT2D eigenvalue weighted by Crippen LogP contribution is -2.49. The minimum absolute atomic E-state index is 0.0177. The highest BCUT2D eigenvalue weighted by atomic mass is 35.5. The third kappa shape index (κ3) is 8.59. The van der Waals surface area contributed by atoms with E-state index in [0.29, 0.717) is 49.7 Å². The summed E-state index contributed by atoms with van der Waals surface area (Å²) >= 11 is 5.88. The van der Waals surface area contributed by atoms with Crippen molar-refractivity contribution in [3.63, 3.8) is 0 Å². The normalized spacial score (nSPS) is 19.0. The van der Waals surface area contributed by atoms with Gasteiger partial charge in [-0.1, -0.05) is 54.1 Å². The Labute approximate surface area is 253 Å². The minimum Gasteiger partial charge on any atom is -0.496 e. The topological polar surface area (TPSA) is 121 Å². The Morgan fingerprint density at radius 2 is 1.74 bits per heavy atom. The number of carbonyl (C=O) groups excluding carboxylic acids is 1. The Morgan fingerprint density at radius 3 is 2.40 bits per heavy atom. The summed E-state index contributed by atoms with van der Waals surface area (Å²) in [5, 5.41) is 5.57. The fourth-order valence-electron chi connectivity index (χ4n) is 5.17. The number of hydrogen-bond acceptors (Lipinski definition) is 6. The van der Waals surface area contributed by atoms with Crippen LogP contribution in [0.5, 0.6) is 5.75 Å². The Kier molecular flexibility index (Phi) is 10.5. The van der Waals surface area contributed by atoms with Crippen LogP contribution in [-0.2, 0) is 21.8 Å². The smallest absolute Gasteiger partial charge is 0.417 e. The Hall–Kier alpha value is -3.39. The van der Waals surface area contributed by atoms with E-state index in [0.717, 1.165) is 11.6 Å². The number of carbonyl (C=O) groups is 1. The second-order valence-electron chi connectivity index (χ2n) is 10.3. The zero-order valence-corrected chi connectivity index (χ0v) is 25.0. The molecule has 4 N–H and O–H groups in total. The molecule has 0 saturated heterocycles. The van der Waals surface area contributed by atoms with Crippen molar-refractivity contribution in [2.24, 2.45) is 0 Å². The van der Waals surface area contributed by atoms with Crippen LogP contribution in [0.3, 0.4) is 0 Å². The van der Waals surface area contributed by atoms with Gasteiger partial charge in [-0.2, -0.15) is 26.3 Å². The van der Waals surface area contributed by atoms with Crippen molar-refractivity contribution in [2.45, 2.75) is 43.3 Å². The summed E-state index contributed by atoms with van der Waals surface area (Å²) in [7, 11) is -2.36. The number of hydrogen-bond donors (Lipinski definition) is 4. The van der Waals surface area contributed by atoms with Crippen LogP contribution in [0, 0.1) is 0 Å². The van der Waals surface area contributed by atoms with Gasteiger partial charge in [-0.3, -0.25) is 4.79 Å². The highest BCUT2D eigenvalue weighted by Crippen LogP contribution is 2.39. The quantitative estimate of drug-likeness (QED) is 0.209. The highest BCUT2D eigenvalue weighted by molar-refractivity contribution is 7.87. The van der Waals surface area contributed by atoms with Crippen LogP contribution >= 0.6 is 11.6 Å². The summed E-state index contributed by atoms with van der Waals surface area (Å²) in [6.45, 7) is 0.370. The zero-order valence-electron chi connectivity index (χ0n) is 23.4. The van der Waals surface area contributed by atoms with Gasteiger partial charge in [0.15, 0.2) is 0 Å². The fourth-order valence-corrected chi connectivity index (χ4v) is 6.54. The van der Waals surface area contributed by atoms with Crippen molar-refractivity contribution >= 4 is 33.5 Å². The first-order valence-electron chi connectivity index (χ1n) is 13.6. The molecule has 1 heterocycles. The highest BCUT2D eigenvalue weighted by Gasteiger charge is 2.38. The number of methoxy groups -OCH3 is 1. The van der Waals surface area contributed by atoms with Crippen molar-refractivity contribution < 1.29 is 31.1 Å². The molecule has 9 nitrogen and oxygen atoms in total. The monoisotopic (exact) mass is 639 g/mol. The molecule has 1 amide bonds. The van der Waals surface area contributed by atoms with Gasteiger partial charge < -0.3 is 15.4 Å². The number of benzene rings is 2. The van der Waals surface area contributed by atoms with E-state index in [1.54, 1.807) is 24.3 Å². The van der Waals surface area contributed by atoms with Gasteiger partial charge in [0.05, 0.1) is 23.3 Å². The second kappa shape index (κ2) is 13.9. The number of nitrogens with one attached hydrogen (secondary N) is 4. The van der Waals surface area contributed by atoms with Crippen LogP contribution in [0.15, 0.2) is 66.9 Å². The van der Waals surface area contributed by atoms with E-state index >= 15 is 0 Å². The third-order valence-corrected chi connectivity index (χ3v) is 8.98. The van der Waals surface area contributed by atoms with Crippen molar-refractivity contribution in [2.75, 3.05) is 32.1 Å². The molecule has 0 unspecified atom stereocenters. The maximum Gasteiger partial charge on any atom is 0.417 e. The molecule has 232 valence electrons. The van der Waals surface area contributed by atoms with E-state index in [-0.39, 0.29) is 41.3 Å². The number of pyridine rings is 1. The average Bonchev–Trinajstić information content (AvgIpc) is 2.99. The van der Waals surface area contributed by atoms with Crippen LogP contribution in [0.1, 0.15) is 47.2 Å². The number of halogens is 4. The zero-order chi connectivity index (χ0) is 31.1. The van der Waals surface area contributed by atoms with E-state index in [9.17, 15) is 26.4 Å². The molecule has 0 radical (unpaired) electrons. The van der Waals surface area contributed by atoms with Crippen molar-refractivity contribution in [3.05, 3.63) is 88.6 Å². The molecule has 1 saturated carbocycles. The van der Waals surface area contributed by atoms with E-state index < -0.39 is 21.9 Å². The molecular weight excluding hydrogens is 607 g/mol. The Morgan fingerprint density at radius 1 is 1.07 bits per heavy atom. The maximum atomic E-state index is 13.0. The number of amides is 1. The van der Waals surface area contributed by atoms with E-state index in [4.69, 9.17) is 16.3 Å². The Balaban J connectivity index is 1.31. The molecule has 1 fully saturated rings. The second-order valence-corrected chi connectivity index (χ2v) is 12.2. The van der Waals surface area contributed by atoms with Gasteiger partial charge in [-0.25, -0.2) is 9.71 Å². The fraction of sp³-hybridized carbons (Fsp3) is 0.379. The summed E-state index contributed by atoms with van der Waals surface area (Å²) in [6, 6.07) is 17.3. The van der Waals surface area contributed by atoms with E-state index in [2.05, 4.69) is 25.1 Å². The first-order chi connectivity index (χ1) is 20.4. The number of para-hydroxylation sites is 1. The van der Waals surface area contributed by atoms with Crippen LogP contribution in [0.25, 0.3) is 0 Å². The first-order valence-corrected chi connectivity index (χ1v) is 15.5. The SMILES string of the molecule is COc1ccccc1C(=O)NCC1(c2ccccc2)CCC(NS(=O)(=O)NCCNc2ncc(C(F)(F)F)cc2Cl)CC1. The van der Waals surface area contributed by atoms with Gasteiger partial charge in [0, 0.05) is 37.3 Å². The Bertz CT molecular complexity index is 1500. The molecule has 0 atom stereocenters. The van der Waals surface area contributed by atoms with Crippen LogP contribution in [0.2, 0.25) is 5.02 Å². The standard InChI is InChI=1S/C29H33ClF3N5O4S/c1-42-25-10-6-5-9-23(25)27(39)36-19-28(20-7-3-2-4-8-20)13-11-22(12-14-28)38-43(40,41)37-16-15-34-26-24(30)17-21(18-35-26)29(31,32)33/h2-10,17-18,22,37-38H,11-16,19H2,1H3,(H,34,35)(H,36,39). The minimum atomic E-state index is -4.57. The van der Waals surface area contributed by atoms with E-state index in [1.807, 2.05) is 30.3 Å². The first kappa shape index (κ1) is 32.5. The molecule has 4 rings (SSSR count). The third-order valence-electron chi connectivity index (χ3n) is 7.47. The molecule has 2 aromatic carbocycles. The predicted molar refractivity (Wildman–Crippen MR) is 159 cm³/mol. The summed E-state index contributed by atoms with van der Waals surface area (Å²) in [4.78, 5) is 16.7. The number of alkyl halides is 3. The lowest BCUT2D eigenvalue weighted by Gasteiger charge is -2.41. The number of rotatable bonds is 12. The lowest BCUT2D eigenvalue weighted by molar-refractivity contribution is -0.137. The molecular formula is C29H33ClF3N5O4S. The van der Waals surface area contributed by atoms with Crippen molar-refractivity contribution in [3.8, 4) is 5.75 Å². The van der Waals surface area contributed by atoms with Gasteiger partial charge in [0.25, 0.3) is 16.1 Å². The molecule has 0 spiro atoms. The van der Waals surface area contributed by atoms with Gasteiger partial charge >= 0.3 is 6.18 Å². The molecule has 0 bridgehead atoms. The molecule has 43 heavy (non-hydrogen) atoms. The number of nitrogens with zero attached hydrogens (tertiary/aromatic N) is 1. The molecule has 14 heteroatoms. The number of ether oxygens (including phenoxy) is 1. The van der Waals surface area contributed by atoms with Crippen LogP contribution < -0.4 is 24.8 Å². The molecule has 1 aliphatic rings. The van der Waals surface area contributed by atoms with Gasteiger partial charge in [0.1, 0.15) is 11.6 Å². The van der Waals surface area contributed by atoms with Gasteiger partial charge in [0.2, 0.25) is 0 Å². The van der Waals surface area contributed by atoms with Crippen LogP contribution in [-0.4, -0.2) is 52.1 Å². The summed E-state index contributed by atoms with van der Waals surface area (Å²) in [5.74, 6) is 0.249. The number of anilines is 1. The number of aromatic nitrogens is 1. The van der Waals surface area contributed by atoms with Gasteiger partial charge in [-0.15, -0.1) is 0 Å². The molecule has 0 aliphatic heterocycles. The van der Waals surface area contributed by atoms with Crippen molar-refractivity contribution in [1.82, 2.24) is 19.7 Å². The van der Waals surface area contributed by atoms with Crippen LogP contribution in [0.4, 0.5) is 19.0 Å². The lowest BCUT2D eigenvalue weighted by atomic mass is 9.68. The summed E-state index contributed by atoms with van der Waals surface area (Å²) < 4.78 is 74.3. The summed E-state index contributed by atoms with van der Waals surface area (Å²) in [6.07, 6.45) is -1.55. The van der Waals surface area contributed by atoms with Crippen molar-refractivity contribution in [1.29, 1.82) is 0 Å². The predicted octanol–water partition coefficient (Wildman–Crippen LogP) is 4.91. The molecule has 1 aromatic heterocycles.